The second-order valence-corrected chi connectivity index (χ2v) is 7.15. The van der Waals surface area contributed by atoms with Crippen molar-refractivity contribution in [2.75, 3.05) is 26.7 Å². The van der Waals surface area contributed by atoms with E-state index >= 15 is 0 Å². The van der Waals surface area contributed by atoms with Crippen molar-refractivity contribution in [1.82, 2.24) is 19.8 Å². The predicted octanol–water partition coefficient (Wildman–Crippen LogP) is 2.61. The molecule has 0 spiro atoms. The van der Waals surface area contributed by atoms with E-state index in [0.717, 1.165) is 56.8 Å². The predicted molar refractivity (Wildman–Crippen MR) is 90.6 cm³/mol. The van der Waals surface area contributed by atoms with Gasteiger partial charge in [-0.15, -0.1) is 0 Å². The summed E-state index contributed by atoms with van der Waals surface area (Å²) in [6, 6.07) is 2.27. The Morgan fingerprint density at radius 1 is 1.13 bits per heavy atom. The molecule has 0 aliphatic carbocycles. The number of aryl methyl sites for hydroxylation is 1. The molecule has 0 N–H and O–H groups in total. The third-order valence-corrected chi connectivity index (χ3v) is 5.28. The summed E-state index contributed by atoms with van der Waals surface area (Å²) in [6.45, 7) is 7.09. The molecule has 1 atom stereocenters. The lowest BCUT2D eigenvalue weighted by Crippen LogP contribution is -2.42. The Bertz CT molecular complexity index is 566. The minimum atomic E-state index is 0.0804. The highest BCUT2D eigenvalue weighted by molar-refractivity contribution is 5.92. The minimum Gasteiger partial charge on any atom is -0.335 e. The highest BCUT2D eigenvalue weighted by atomic mass is 16.2. The number of likely N-dealkylation sites (tertiary alicyclic amines) is 2. The molecule has 3 rings (SSSR count). The first kappa shape index (κ1) is 16.4. The highest BCUT2D eigenvalue weighted by Gasteiger charge is 2.27. The second kappa shape index (κ2) is 6.95. The van der Waals surface area contributed by atoms with Gasteiger partial charge in [-0.3, -0.25) is 4.79 Å². The molecule has 5 nitrogen and oxygen atoms in total. The summed E-state index contributed by atoms with van der Waals surface area (Å²) in [5, 5.41) is 0. The van der Waals surface area contributed by atoms with E-state index in [9.17, 15) is 4.79 Å². The lowest BCUT2D eigenvalue weighted by Gasteiger charge is -2.33. The van der Waals surface area contributed by atoms with Gasteiger partial charge < -0.3 is 9.80 Å². The molecule has 0 bridgehead atoms. The van der Waals surface area contributed by atoms with Crippen molar-refractivity contribution in [3.63, 3.8) is 0 Å². The van der Waals surface area contributed by atoms with E-state index in [2.05, 4.69) is 28.8 Å². The van der Waals surface area contributed by atoms with Gasteiger partial charge in [0, 0.05) is 24.2 Å². The van der Waals surface area contributed by atoms with Crippen LogP contribution in [0.4, 0.5) is 0 Å². The molecule has 5 heteroatoms. The van der Waals surface area contributed by atoms with E-state index in [4.69, 9.17) is 0 Å². The summed E-state index contributed by atoms with van der Waals surface area (Å²) in [5.41, 5.74) is 1.64. The first-order valence-electron chi connectivity index (χ1n) is 8.89. The van der Waals surface area contributed by atoms with Gasteiger partial charge in [0.15, 0.2) is 0 Å². The fourth-order valence-corrected chi connectivity index (χ4v) is 3.76. The lowest BCUT2D eigenvalue weighted by atomic mass is 9.93. The molecule has 1 aromatic rings. The number of piperidine rings is 2. The number of aromatic nitrogens is 2. The Morgan fingerprint density at radius 3 is 2.57 bits per heavy atom. The Labute approximate surface area is 139 Å². The zero-order valence-electron chi connectivity index (χ0n) is 14.6. The molecule has 2 fully saturated rings. The average molecular weight is 316 g/mol. The largest absolute Gasteiger partial charge is 0.335 e. The van der Waals surface area contributed by atoms with Gasteiger partial charge in [0.2, 0.25) is 0 Å². The molecule has 126 valence electrons. The van der Waals surface area contributed by atoms with Crippen molar-refractivity contribution < 1.29 is 4.79 Å². The minimum absolute atomic E-state index is 0.0804. The summed E-state index contributed by atoms with van der Waals surface area (Å²) >= 11 is 0. The van der Waals surface area contributed by atoms with Crippen molar-refractivity contribution in [3.05, 3.63) is 23.3 Å². The van der Waals surface area contributed by atoms with Crippen LogP contribution in [-0.2, 0) is 0 Å². The van der Waals surface area contributed by atoms with Crippen LogP contribution >= 0.6 is 0 Å². The van der Waals surface area contributed by atoms with Crippen LogP contribution < -0.4 is 0 Å². The molecule has 2 aliphatic heterocycles. The maximum atomic E-state index is 12.9. The Kier molecular flexibility index (Phi) is 4.95. The number of amides is 1. The maximum absolute atomic E-state index is 12.9. The summed E-state index contributed by atoms with van der Waals surface area (Å²) in [5.74, 6) is 1.25. The molecule has 2 aliphatic rings. The van der Waals surface area contributed by atoms with E-state index in [-0.39, 0.29) is 5.91 Å². The molecule has 0 radical (unpaired) electrons. The third kappa shape index (κ3) is 3.71. The number of carbonyl (C=O) groups excluding carboxylic acids is 1. The first-order chi connectivity index (χ1) is 11.0. The quantitative estimate of drug-likeness (QED) is 0.841. The maximum Gasteiger partial charge on any atom is 0.272 e. The fourth-order valence-electron chi connectivity index (χ4n) is 3.76. The van der Waals surface area contributed by atoms with Gasteiger partial charge in [-0.1, -0.05) is 0 Å². The molecule has 1 aromatic heterocycles. The second-order valence-electron chi connectivity index (χ2n) is 7.15. The molecule has 0 aromatic carbocycles. The summed E-state index contributed by atoms with van der Waals surface area (Å²) in [4.78, 5) is 26.3. The SMILES string of the molecule is Cc1nc(C(=O)N2CCCC[C@@H]2C)cc(C2CCN(C)CC2)n1. The average Bonchev–Trinajstić information content (AvgIpc) is 2.55. The molecule has 23 heavy (non-hydrogen) atoms. The Hall–Kier alpha value is -1.49. The summed E-state index contributed by atoms with van der Waals surface area (Å²) in [7, 11) is 2.16. The molecule has 1 amide bonds. The summed E-state index contributed by atoms with van der Waals surface area (Å²) < 4.78 is 0. The standard InChI is InChI=1S/C18H28N4O/c1-13-6-4-5-9-22(13)18(23)17-12-16(19-14(2)20-17)15-7-10-21(3)11-8-15/h12-13,15H,4-11H2,1-3H3/t13-/m0/s1. The van der Waals surface area contributed by atoms with E-state index < -0.39 is 0 Å². The van der Waals surface area contributed by atoms with E-state index in [1.165, 1.54) is 6.42 Å². The molecular weight excluding hydrogens is 288 g/mol. The normalized spacial score (nSPS) is 24.0. The van der Waals surface area contributed by atoms with Gasteiger partial charge in [-0.2, -0.15) is 0 Å². The molecule has 3 heterocycles. The van der Waals surface area contributed by atoms with Gasteiger partial charge in [0.1, 0.15) is 11.5 Å². The van der Waals surface area contributed by atoms with Gasteiger partial charge in [0.25, 0.3) is 5.91 Å². The summed E-state index contributed by atoms with van der Waals surface area (Å²) in [6.07, 6.45) is 5.63. The van der Waals surface area contributed by atoms with E-state index in [0.29, 0.717) is 17.7 Å². The van der Waals surface area contributed by atoms with Crippen LogP contribution in [-0.4, -0.2) is 58.4 Å². The Morgan fingerprint density at radius 2 is 1.87 bits per heavy atom. The van der Waals surface area contributed by atoms with Crippen LogP contribution in [0.2, 0.25) is 0 Å². The number of rotatable bonds is 2. The number of nitrogens with zero attached hydrogens (tertiary/aromatic N) is 4. The number of hydrogen-bond donors (Lipinski definition) is 0. The smallest absolute Gasteiger partial charge is 0.272 e. The topological polar surface area (TPSA) is 49.3 Å². The molecule has 2 saturated heterocycles. The van der Waals surface area contributed by atoms with E-state index in [1.807, 2.05) is 17.9 Å². The zero-order chi connectivity index (χ0) is 16.4. The molecule has 0 unspecified atom stereocenters. The van der Waals surface area contributed by atoms with Crippen molar-refractivity contribution >= 4 is 5.91 Å². The van der Waals surface area contributed by atoms with Gasteiger partial charge in [-0.05, 0) is 72.2 Å². The highest BCUT2D eigenvalue weighted by Crippen LogP contribution is 2.27. The van der Waals surface area contributed by atoms with Gasteiger partial charge in [-0.25, -0.2) is 9.97 Å². The van der Waals surface area contributed by atoms with Crippen LogP contribution in [0.3, 0.4) is 0 Å². The van der Waals surface area contributed by atoms with Crippen molar-refractivity contribution in [2.45, 2.75) is 57.9 Å². The Balaban J connectivity index is 1.81. The lowest BCUT2D eigenvalue weighted by molar-refractivity contribution is 0.0628. The van der Waals surface area contributed by atoms with Crippen molar-refractivity contribution in [3.8, 4) is 0 Å². The van der Waals surface area contributed by atoms with Crippen molar-refractivity contribution in [1.29, 1.82) is 0 Å². The fraction of sp³-hybridized carbons (Fsp3) is 0.722. The van der Waals surface area contributed by atoms with Crippen LogP contribution in [0.1, 0.15) is 67.0 Å². The monoisotopic (exact) mass is 316 g/mol. The number of hydrogen-bond acceptors (Lipinski definition) is 4. The van der Waals surface area contributed by atoms with E-state index in [1.54, 1.807) is 0 Å². The third-order valence-electron chi connectivity index (χ3n) is 5.28. The van der Waals surface area contributed by atoms with Crippen molar-refractivity contribution in [2.24, 2.45) is 0 Å². The van der Waals surface area contributed by atoms with Gasteiger partial charge >= 0.3 is 0 Å². The first-order valence-corrected chi connectivity index (χ1v) is 8.89. The van der Waals surface area contributed by atoms with Crippen LogP contribution in [0.5, 0.6) is 0 Å². The van der Waals surface area contributed by atoms with Crippen LogP contribution in [0, 0.1) is 6.92 Å². The number of carbonyl (C=O) groups is 1. The van der Waals surface area contributed by atoms with Crippen LogP contribution in [0.15, 0.2) is 6.07 Å². The molecule has 0 saturated carbocycles. The molecular formula is C18H28N4O. The zero-order valence-corrected chi connectivity index (χ0v) is 14.6. The van der Waals surface area contributed by atoms with Crippen LogP contribution in [0.25, 0.3) is 0 Å². The van der Waals surface area contributed by atoms with Gasteiger partial charge in [0.05, 0.1) is 0 Å².